The first-order chi connectivity index (χ1) is 14.3. The number of hydrogen-bond donors (Lipinski definition) is 1. The maximum atomic E-state index is 13.0. The molecule has 30 heavy (non-hydrogen) atoms. The van der Waals surface area contributed by atoms with Crippen LogP contribution in [0.2, 0.25) is 0 Å². The van der Waals surface area contributed by atoms with Crippen LogP contribution in [0.25, 0.3) is 0 Å². The average Bonchev–Trinajstić information content (AvgIpc) is 3.53. The van der Waals surface area contributed by atoms with E-state index in [1.807, 2.05) is 24.3 Å². The number of amides is 2. The number of methoxy groups -OCH3 is 1. The highest BCUT2D eigenvalue weighted by molar-refractivity contribution is 7.88. The van der Waals surface area contributed by atoms with Gasteiger partial charge in [-0.2, -0.15) is 0 Å². The molecule has 1 saturated carbocycles. The van der Waals surface area contributed by atoms with E-state index in [2.05, 4.69) is 29.1 Å². The van der Waals surface area contributed by atoms with Gasteiger partial charge in [-0.05, 0) is 54.0 Å². The van der Waals surface area contributed by atoms with Crippen LogP contribution in [0.15, 0.2) is 48.5 Å². The fourth-order valence-corrected chi connectivity index (χ4v) is 4.45. The average molecular weight is 430 g/mol. The van der Waals surface area contributed by atoms with Gasteiger partial charge in [0.2, 0.25) is 10.0 Å². The number of nitrogens with zero attached hydrogens (tertiary/aromatic N) is 2. The van der Waals surface area contributed by atoms with Gasteiger partial charge in [-0.25, -0.2) is 18.2 Å². The fourth-order valence-electron chi connectivity index (χ4n) is 3.90. The molecule has 1 N–H and O–H groups in total. The second-order valence-corrected chi connectivity index (χ2v) is 9.73. The van der Waals surface area contributed by atoms with Crippen molar-refractivity contribution in [2.75, 3.05) is 26.5 Å². The van der Waals surface area contributed by atoms with E-state index in [1.165, 1.54) is 23.4 Å². The maximum Gasteiger partial charge on any atom is 0.335 e. The van der Waals surface area contributed by atoms with E-state index in [-0.39, 0.29) is 18.6 Å². The molecule has 0 bridgehead atoms. The van der Waals surface area contributed by atoms with E-state index in [4.69, 9.17) is 4.74 Å². The predicted molar refractivity (Wildman–Crippen MR) is 115 cm³/mol. The Kier molecular flexibility index (Phi) is 5.71. The normalized spacial score (nSPS) is 19.4. The van der Waals surface area contributed by atoms with Crippen molar-refractivity contribution in [3.63, 3.8) is 0 Å². The summed E-state index contributed by atoms with van der Waals surface area (Å²) in [5, 5.41) is 1.20. The van der Waals surface area contributed by atoms with Crippen molar-refractivity contribution < 1.29 is 17.9 Å². The third-order valence-electron chi connectivity index (χ3n) is 5.65. The van der Waals surface area contributed by atoms with E-state index < -0.39 is 10.0 Å². The molecule has 1 saturated heterocycles. The minimum atomic E-state index is -3.54. The van der Waals surface area contributed by atoms with Gasteiger partial charge in [-0.1, -0.05) is 36.4 Å². The number of carbonyl (C=O) groups is 1. The lowest BCUT2D eigenvalue weighted by Gasteiger charge is -2.23. The van der Waals surface area contributed by atoms with Gasteiger partial charge in [0.1, 0.15) is 5.75 Å². The van der Waals surface area contributed by atoms with Crippen LogP contribution in [-0.2, 0) is 16.4 Å². The standard InChI is InChI=1S/C22H27N3O4S/c1-29-20-11-3-16(4-12-20)13-14-24-21(15-25(22(24)26)23-30(2,27)28)19-9-7-18(8-10-19)17-5-6-17/h3-4,7-12,17,21,23H,5-6,13-15H2,1-2H3. The molecule has 0 spiro atoms. The second kappa shape index (κ2) is 8.28. The first kappa shape index (κ1) is 20.7. The zero-order valence-corrected chi connectivity index (χ0v) is 18.1. The number of carbonyl (C=O) groups excluding carboxylic acids is 1. The molecule has 1 unspecified atom stereocenters. The van der Waals surface area contributed by atoms with Gasteiger partial charge in [0.05, 0.1) is 26.0 Å². The summed E-state index contributed by atoms with van der Waals surface area (Å²) in [5.41, 5.74) is 3.43. The van der Waals surface area contributed by atoms with Crippen LogP contribution >= 0.6 is 0 Å². The number of sulfonamides is 1. The number of urea groups is 1. The molecule has 2 aliphatic rings. The van der Waals surface area contributed by atoms with Gasteiger partial charge in [0, 0.05) is 6.54 Å². The van der Waals surface area contributed by atoms with Crippen LogP contribution in [0.4, 0.5) is 4.79 Å². The quantitative estimate of drug-likeness (QED) is 0.700. The molecule has 2 fully saturated rings. The predicted octanol–water partition coefficient (Wildman–Crippen LogP) is 3.06. The molecule has 1 heterocycles. The van der Waals surface area contributed by atoms with Gasteiger partial charge in [-0.15, -0.1) is 4.83 Å². The van der Waals surface area contributed by atoms with Crippen LogP contribution in [0.3, 0.4) is 0 Å². The van der Waals surface area contributed by atoms with E-state index in [9.17, 15) is 13.2 Å². The fraction of sp³-hybridized carbons (Fsp3) is 0.409. The van der Waals surface area contributed by atoms with E-state index in [0.717, 1.165) is 23.1 Å². The summed E-state index contributed by atoms with van der Waals surface area (Å²) < 4.78 is 28.6. The van der Waals surface area contributed by atoms with Crippen LogP contribution in [0, 0.1) is 0 Å². The van der Waals surface area contributed by atoms with Gasteiger partial charge in [0.15, 0.2) is 0 Å². The highest BCUT2D eigenvalue weighted by atomic mass is 32.2. The summed E-state index contributed by atoms with van der Waals surface area (Å²) in [6.07, 6.45) is 4.20. The molecule has 1 atom stereocenters. The number of ether oxygens (including phenoxy) is 1. The Labute approximate surface area is 177 Å². The SMILES string of the molecule is COc1ccc(CCN2C(=O)N(NS(C)(=O)=O)CC2c2ccc(C3CC3)cc2)cc1. The Morgan fingerprint density at radius 3 is 2.23 bits per heavy atom. The molecule has 4 rings (SSSR count). The minimum absolute atomic E-state index is 0.210. The third kappa shape index (κ3) is 4.76. The van der Waals surface area contributed by atoms with Crippen LogP contribution in [0.5, 0.6) is 5.75 Å². The van der Waals surface area contributed by atoms with Crippen LogP contribution < -0.4 is 9.57 Å². The van der Waals surface area contributed by atoms with Crippen LogP contribution in [0.1, 0.15) is 41.5 Å². The number of hydrazine groups is 1. The Morgan fingerprint density at radius 2 is 1.67 bits per heavy atom. The molecule has 160 valence electrons. The topological polar surface area (TPSA) is 79.0 Å². The molecule has 0 radical (unpaired) electrons. The molecule has 2 aromatic rings. The van der Waals surface area contributed by atoms with Crippen molar-refractivity contribution in [1.82, 2.24) is 14.7 Å². The Hall–Kier alpha value is -2.58. The van der Waals surface area contributed by atoms with Gasteiger partial charge < -0.3 is 9.64 Å². The molecule has 2 aromatic carbocycles. The lowest BCUT2D eigenvalue weighted by molar-refractivity contribution is 0.182. The highest BCUT2D eigenvalue weighted by Gasteiger charge is 2.39. The van der Waals surface area contributed by atoms with Gasteiger partial charge in [-0.3, -0.25) is 0 Å². The summed E-state index contributed by atoms with van der Waals surface area (Å²) in [4.78, 5) is 17.1. The summed E-state index contributed by atoms with van der Waals surface area (Å²) in [6, 6.07) is 15.6. The maximum absolute atomic E-state index is 13.0. The van der Waals surface area contributed by atoms with Crippen molar-refractivity contribution in [3.05, 3.63) is 65.2 Å². The lowest BCUT2D eigenvalue weighted by Crippen LogP contribution is -2.44. The van der Waals surface area contributed by atoms with Gasteiger partial charge >= 0.3 is 6.03 Å². The van der Waals surface area contributed by atoms with Crippen molar-refractivity contribution in [1.29, 1.82) is 0 Å². The van der Waals surface area contributed by atoms with Crippen molar-refractivity contribution in [2.45, 2.75) is 31.2 Å². The van der Waals surface area contributed by atoms with Crippen molar-refractivity contribution in [3.8, 4) is 5.75 Å². The van der Waals surface area contributed by atoms with Crippen molar-refractivity contribution in [2.24, 2.45) is 0 Å². The Morgan fingerprint density at radius 1 is 1.03 bits per heavy atom. The molecule has 7 nitrogen and oxygen atoms in total. The van der Waals surface area contributed by atoms with Crippen molar-refractivity contribution >= 4 is 16.1 Å². The largest absolute Gasteiger partial charge is 0.497 e. The van der Waals surface area contributed by atoms with Crippen LogP contribution in [-0.4, -0.2) is 50.8 Å². The molecule has 0 aromatic heterocycles. The molecule has 8 heteroatoms. The first-order valence-corrected chi connectivity index (χ1v) is 12.0. The number of nitrogens with one attached hydrogen (secondary N) is 1. The van der Waals surface area contributed by atoms with E-state index in [1.54, 1.807) is 12.0 Å². The summed E-state index contributed by atoms with van der Waals surface area (Å²) >= 11 is 0. The lowest BCUT2D eigenvalue weighted by atomic mass is 10.0. The number of hydrogen-bond acceptors (Lipinski definition) is 4. The third-order valence-corrected chi connectivity index (χ3v) is 6.21. The monoisotopic (exact) mass is 429 g/mol. The molecule has 2 amide bonds. The minimum Gasteiger partial charge on any atom is -0.497 e. The van der Waals surface area contributed by atoms with Gasteiger partial charge in [0.25, 0.3) is 0 Å². The first-order valence-electron chi connectivity index (χ1n) is 10.1. The van der Waals surface area contributed by atoms with E-state index >= 15 is 0 Å². The Bertz CT molecular complexity index is 1000. The molecule has 1 aliphatic carbocycles. The van der Waals surface area contributed by atoms with E-state index in [0.29, 0.717) is 18.9 Å². The summed E-state index contributed by atoms with van der Waals surface area (Å²) in [7, 11) is -1.91. The zero-order chi connectivity index (χ0) is 21.3. The molecular weight excluding hydrogens is 402 g/mol. The zero-order valence-electron chi connectivity index (χ0n) is 17.2. The summed E-state index contributed by atoms with van der Waals surface area (Å²) in [6.45, 7) is 0.763. The highest BCUT2D eigenvalue weighted by Crippen LogP contribution is 2.40. The molecule has 1 aliphatic heterocycles. The summed E-state index contributed by atoms with van der Waals surface area (Å²) in [5.74, 6) is 1.45. The number of benzene rings is 2. The Balaban J connectivity index is 1.53. The molecular formula is C22H27N3O4S. The smallest absolute Gasteiger partial charge is 0.335 e. The second-order valence-electron chi connectivity index (χ2n) is 8.00. The number of rotatable bonds is 8.